The molecule has 0 fully saturated rings. The number of benzene rings is 1. The quantitative estimate of drug-likeness (QED) is 0.377. The van der Waals surface area contributed by atoms with Crippen LogP contribution >= 0.6 is 11.6 Å². The Hall–Kier alpha value is -2.14. The van der Waals surface area contributed by atoms with Gasteiger partial charge in [-0.3, -0.25) is 4.79 Å². The first kappa shape index (κ1) is 15.9. The average molecular weight is 297 g/mol. The minimum absolute atomic E-state index is 0.0836. The zero-order valence-corrected chi connectivity index (χ0v) is 11.3. The highest BCUT2D eigenvalue weighted by molar-refractivity contribution is 6.30. The lowest BCUT2D eigenvalue weighted by Gasteiger charge is -2.08. The number of rotatable bonds is 6. The van der Waals surface area contributed by atoms with E-state index in [4.69, 9.17) is 16.7 Å². The Morgan fingerprint density at radius 2 is 1.80 bits per heavy atom. The van der Waals surface area contributed by atoms with Crippen LogP contribution in [0.25, 0.3) is 0 Å². The molecule has 20 heavy (non-hydrogen) atoms. The molecule has 0 radical (unpaired) electrons. The molecule has 0 bridgehead atoms. The van der Waals surface area contributed by atoms with Crippen LogP contribution in [0.4, 0.5) is 0 Å². The predicted octanol–water partition coefficient (Wildman–Crippen LogP) is 2.46. The summed E-state index contributed by atoms with van der Waals surface area (Å²) in [4.78, 5) is 33.5. The molecule has 106 valence electrons. The third-order valence-electron chi connectivity index (χ3n) is 2.45. The van der Waals surface area contributed by atoms with Gasteiger partial charge in [-0.25, -0.2) is 9.59 Å². The molecule has 0 saturated carbocycles. The second kappa shape index (κ2) is 7.45. The lowest BCUT2D eigenvalue weighted by molar-refractivity contribution is -0.159. The molecule has 6 heteroatoms. The molecule has 1 rings (SSSR count). The van der Waals surface area contributed by atoms with Crippen LogP contribution in [0.1, 0.15) is 23.8 Å². The van der Waals surface area contributed by atoms with Crippen LogP contribution in [-0.2, 0) is 19.1 Å². The molecule has 1 unspecified atom stereocenters. The van der Waals surface area contributed by atoms with Crippen molar-refractivity contribution in [3.8, 4) is 0 Å². The van der Waals surface area contributed by atoms with Crippen molar-refractivity contribution in [2.45, 2.75) is 18.2 Å². The maximum Gasteiger partial charge on any atom is 0.336 e. The summed E-state index contributed by atoms with van der Waals surface area (Å²) in [6, 6.07) is 8.44. The third kappa shape index (κ3) is 4.85. The van der Waals surface area contributed by atoms with Gasteiger partial charge in [0.1, 0.15) is 0 Å². The Bertz CT molecular complexity index is 524. The first-order valence-electron chi connectivity index (χ1n) is 5.76. The molecular weight excluding hydrogens is 284 g/mol. The van der Waals surface area contributed by atoms with Crippen molar-refractivity contribution in [3.05, 3.63) is 48.0 Å². The predicted molar refractivity (Wildman–Crippen MR) is 72.1 cm³/mol. The molecule has 0 aliphatic carbocycles. The number of carbonyl (C=O) groups excluding carboxylic acids is 2. The summed E-state index contributed by atoms with van der Waals surface area (Å²) in [5, 5.41) is 7.49. The van der Waals surface area contributed by atoms with E-state index in [1.165, 1.54) is 0 Å². The largest absolute Gasteiger partial charge is 0.478 e. The van der Waals surface area contributed by atoms with E-state index >= 15 is 0 Å². The van der Waals surface area contributed by atoms with Crippen molar-refractivity contribution in [1.82, 2.24) is 0 Å². The molecule has 1 aromatic carbocycles. The molecule has 5 nitrogen and oxygen atoms in total. The smallest absolute Gasteiger partial charge is 0.336 e. The molecular formula is C14H13ClO5. The van der Waals surface area contributed by atoms with E-state index in [1.54, 1.807) is 30.3 Å². The monoisotopic (exact) mass is 296 g/mol. The molecule has 0 aromatic heterocycles. The van der Waals surface area contributed by atoms with Gasteiger partial charge in [0, 0.05) is 5.57 Å². The fourth-order valence-electron chi connectivity index (χ4n) is 1.33. The Labute approximate surface area is 120 Å². The first-order valence-corrected chi connectivity index (χ1v) is 6.20. The lowest BCUT2D eigenvalue weighted by Crippen LogP contribution is -2.17. The van der Waals surface area contributed by atoms with Gasteiger partial charge >= 0.3 is 17.9 Å². The summed E-state index contributed by atoms with van der Waals surface area (Å²) in [6.07, 6.45) is -0.324. The van der Waals surface area contributed by atoms with Gasteiger partial charge in [-0.2, -0.15) is 0 Å². The number of halogens is 1. The van der Waals surface area contributed by atoms with Crippen LogP contribution in [0.3, 0.4) is 0 Å². The molecule has 0 amide bonds. The van der Waals surface area contributed by atoms with Gasteiger partial charge in [0.2, 0.25) is 0 Å². The van der Waals surface area contributed by atoms with Crippen LogP contribution in [0, 0.1) is 0 Å². The second-order valence-corrected chi connectivity index (χ2v) is 4.41. The summed E-state index contributed by atoms with van der Waals surface area (Å²) in [5.74, 6) is -2.91. The van der Waals surface area contributed by atoms with Crippen molar-refractivity contribution < 1.29 is 24.2 Å². The van der Waals surface area contributed by atoms with Crippen molar-refractivity contribution in [3.63, 3.8) is 0 Å². The summed E-state index contributed by atoms with van der Waals surface area (Å²) in [6.45, 7) is 3.27. The maximum atomic E-state index is 11.6. The van der Waals surface area contributed by atoms with Crippen LogP contribution in [0.15, 0.2) is 42.5 Å². The Balaban J connectivity index is 2.48. The minimum Gasteiger partial charge on any atom is -0.478 e. The second-order valence-electron chi connectivity index (χ2n) is 3.98. The number of carboxylic acid groups (broad SMARTS) is 1. The van der Waals surface area contributed by atoms with Gasteiger partial charge in [-0.15, -0.1) is 11.6 Å². The van der Waals surface area contributed by atoms with Crippen molar-refractivity contribution in [2.75, 3.05) is 0 Å². The molecule has 1 aromatic rings. The number of ether oxygens (including phenoxy) is 1. The summed E-state index contributed by atoms with van der Waals surface area (Å²) >= 11 is 5.88. The molecule has 0 heterocycles. The standard InChI is InChI=1S/C14H13ClO5/c1-9(13(17)18)7-8-11(16)20-14(19)12(15)10-5-3-2-4-6-10/h2-6,12H,1,7-8H2,(H,17,18). The van der Waals surface area contributed by atoms with Gasteiger partial charge < -0.3 is 9.84 Å². The van der Waals surface area contributed by atoms with Gasteiger partial charge in [0.25, 0.3) is 0 Å². The number of carbonyl (C=O) groups is 3. The molecule has 0 aliphatic heterocycles. The zero-order valence-electron chi connectivity index (χ0n) is 10.5. The van der Waals surface area contributed by atoms with Gasteiger partial charge in [0.15, 0.2) is 5.38 Å². The van der Waals surface area contributed by atoms with E-state index < -0.39 is 23.3 Å². The number of alkyl halides is 1. The van der Waals surface area contributed by atoms with Gasteiger partial charge in [-0.05, 0) is 12.0 Å². The minimum atomic E-state index is -1.19. The fourth-order valence-corrected chi connectivity index (χ4v) is 1.52. The van der Waals surface area contributed by atoms with E-state index in [9.17, 15) is 14.4 Å². The van der Waals surface area contributed by atoms with Crippen LogP contribution in [0.2, 0.25) is 0 Å². The highest BCUT2D eigenvalue weighted by Gasteiger charge is 2.22. The van der Waals surface area contributed by atoms with Crippen molar-refractivity contribution in [2.24, 2.45) is 0 Å². The fraction of sp³-hybridized carbons (Fsp3) is 0.214. The Kier molecular flexibility index (Phi) is 5.93. The van der Waals surface area contributed by atoms with Crippen LogP contribution < -0.4 is 0 Å². The van der Waals surface area contributed by atoms with Crippen molar-refractivity contribution in [1.29, 1.82) is 0 Å². The van der Waals surface area contributed by atoms with Crippen molar-refractivity contribution >= 4 is 29.5 Å². The van der Waals surface area contributed by atoms with Crippen LogP contribution in [-0.4, -0.2) is 23.0 Å². The summed E-state index contributed by atoms with van der Waals surface area (Å²) in [5.41, 5.74) is 0.391. The summed E-state index contributed by atoms with van der Waals surface area (Å²) in [7, 11) is 0. The first-order chi connectivity index (χ1) is 9.41. The Morgan fingerprint density at radius 3 is 2.35 bits per heavy atom. The topological polar surface area (TPSA) is 80.7 Å². The molecule has 1 N–H and O–H groups in total. The lowest BCUT2D eigenvalue weighted by atomic mass is 10.1. The number of hydrogen-bond donors (Lipinski definition) is 1. The SMILES string of the molecule is C=C(CCC(=O)OC(=O)C(Cl)c1ccccc1)C(=O)O. The van der Waals surface area contributed by atoms with E-state index in [1.807, 2.05) is 0 Å². The van der Waals surface area contributed by atoms with Crippen LogP contribution in [0.5, 0.6) is 0 Å². The zero-order chi connectivity index (χ0) is 15.1. The van der Waals surface area contributed by atoms with E-state index in [2.05, 4.69) is 11.3 Å². The van der Waals surface area contributed by atoms with Gasteiger partial charge in [-0.1, -0.05) is 36.9 Å². The molecule has 0 aliphatic rings. The van der Waals surface area contributed by atoms with Gasteiger partial charge in [0.05, 0.1) is 6.42 Å². The third-order valence-corrected chi connectivity index (χ3v) is 2.88. The normalized spacial score (nSPS) is 11.4. The van der Waals surface area contributed by atoms with E-state index in [0.29, 0.717) is 5.56 Å². The van der Waals surface area contributed by atoms with E-state index in [0.717, 1.165) is 0 Å². The molecule has 0 saturated heterocycles. The Morgan fingerprint density at radius 1 is 1.20 bits per heavy atom. The highest BCUT2D eigenvalue weighted by Crippen LogP contribution is 2.21. The number of aliphatic carboxylic acids is 1. The number of hydrogen-bond acceptors (Lipinski definition) is 4. The maximum absolute atomic E-state index is 11.6. The highest BCUT2D eigenvalue weighted by atomic mass is 35.5. The molecule has 0 spiro atoms. The number of esters is 2. The average Bonchev–Trinajstić information content (AvgIpc) is 2.44. The summed E-state index contributed by atoms with van der Waals surface area (Å²) < 4.78 is 4.55. The van der Waals surface area contributed by atoms with E-state index in [-0.39, 0.29) is 18.4 Å². The molecule has 1 atom stereocenters. The number of carboxylic acids is 1.